The van der Waals surface area contributed by atoms with Crippen molar-refractivity contribution in [2.45, 2.75) is 32.2 Å². The number of nitrogens with zero attached hydrogens (tertiary/aromatic N) is 1. The van der Waals surface area contributed by atoms with Crippen molar-refractivity contribution < 1.29 is 9.00 Å². The lowest BCUT2D eigenvalue weighted by Gasteiger charge is -2.26. The smallest absolute Gasteiger partial charge is 0.222 e. The van der Waals surface area contributed by atoms with Gasteiger partial charge in [-0.05, 0) is 19.8 Å². The summed E-state index contributed by atoms with van der Waals surface area (Å²) in [5.41, 5.74) is 5.61. The number of hydrogen-bond donors (Lipinski definition) is 1. The molecule has 0 spiro atoms. The molecule has 1 heterocycles. The Bertz CT molecular complexity index is 234. The van der Waals surface area contributed by atoms with Crippen LogP contribution in [0.4, 0.5) is 0 Å². The van der Waals surface area contributed by atoms with Gasteiger partial charge in [0.2, 0.25) is 5.91 Å². The minimum absolute atomic E-state index is 0.173. The second kappa shape index (κ2) is 6.23. The Balaban J connectivity index is 2.19. The van der Waals surface area contributed by atoms with Crippen LogP contribution in [-0.4, -0.2) is 45.7 Å². The first-order valence-electron chi connectivity index (χ1n) is 5.48. The molecule has 1 saturated heterocycles. The van der Waals surface area contributed by atoms with E-state index in [2.05, 4.69) is 0 Å². The maximum atomic E-state index is 11.7. The molecule has 0 aromatic rings. The molecule has 2 N–H and O–H groups in total. The lowest BCUT2D eigenvalue weighted by Crippen LogP contribution is -2.41. The van der Waals surface area contributed by atoms with Crippen molar-refractivity contribution >= 4 is 16.7 Å². The Hall–Kier alpha value is -0.420. The van der Waals surface area contributed by atoms with E-state index >= 15 is 0 Å². The van der Waals surface area contributed by atoms with Crippen molar-refractivity contribution in [1.29, 1.82) is 0 Å². The second-order valence-electron chi connectivity index (χ2n) is 4.10. The highest BCUT2D eigenvalue weighted by Crippen LogP contribution is 2.06. The van der Waals surface area contributed by atoms with Crippen molar-refractivity contribution in [2.24, 2.45) is 5.73 Å². The summed E-state index contributed by atoms with van der Waals surface area (Å²) in [6.07, 6.45) is 2.33. The van der Waals surface area contributed by atoms with E-state index in [1.165, 1.54) is 0 Å². The minimum Gasteiger partial charge on any atom is -0.341 e. The number of carbonyl (C=O) groups excluding carboxylic acids is 1. The van der Waals surface area contributed by atoms with Crippen LogP contribution in [0.3, 0.4) is 0 Å². The summed E-state index contributed by atoms with van der Waals surface area (Å²) in [6.45, 7) is 3.27. The SMILES string of the molecule is CC(N)CCCC(=O)N1CCS(=O)CC1. The number of hydrogen-bond acceptors (Lipinski definition) is 3. The zero-order valence-corrected chi connectivity index (χ0v) is 10.1. The van der Waals surface area contributed by atoms with Gasteiger partial charge >= 0.3 is 0 Å². The zero-order chi connectivity index (χ0) is 11.3. The van der Waals surface area contributed by atoms with E-state index in [1.807, 2.05) is 11.8 Å². The maximum absolute atomic E-state index is 11.7. The van der Waals surface area contributed by atoms with Crippen LogP contribution in [0.5, 0.6) is 0 Å². The third kappa shape index (κ3) is 4.75. The Morgan fingerprint density at radius 3 is 2.60 bits per heavy atom. The molecule has 1 aliphatic rings. The van der Waals surface area contributed by atoms with E-state index in [0.717, 1.165) is 12.8 Å². The van der Waals surface area contributed by atoms with Crippen LogP contribution in [0.1, 0.15) is 26.2 Å². The first-order valence-corrected chi connectivity index (χ1v) is 6.96. The summed E-state index contributed by atoms with van der Waals surface area (Å²) >= 11 is 0. The van der Waals surface area contributed by atoms with Gasteiger partial charge < -0.3 is 10.6 Å². The molecule has 0 radical (unpaired) electrons. The van der Waals surface area contributed by atoms with Gasteiger partial charge in [0, 0.05) is 47.9 Å². The van der Waals surface area contributed by atoms with Crippen LogP contribution in [0.2, 0.25) is 0 Å². The molecule has 0 aliphatic carbocycles. The van der Waals surface area contributed by atoms with Gasteiger partial charge in [-0.15, -0.1) is 0 Å². The predicted octanol–water partition coefficient (Wildman–Crippen LogP) is 0.0948. The van der Waals surface area contributed by atoms with E-state index in [4.69, 9.17) is 5.73 Å². The molecule has 1 rings (SSSR count). The number of amides is 1. The number of carbonyl (C=O) groups is 1. The van der Waals surface area contributed by atoms with Gasteiger partial charge in [0.1, 0.15) is 0 Å². The van der Waals surface area contributed by atoms with Gasteiger partial charge in [0.05, 0.1) is 0 Å². The van der Waals surface area contributed by atoms with E-state index in [0.29, 0.717) is 31.0 Å². The quantitative estimate of drug-likeness (QED) is 0.747. The molecule has 0 aromatic heterocycles. The van der Waals surface area contributed by atoms with Gasteiger partial charge in [-0.3, -0.25) is 9.00 Å². The normalized spacial score (nSPS) is 20.3. The summed E-state index contributed by atoms with van der Waals surface area (Å²) in [6, 6.07) is 0.173. The third-order valence-corrected chi connectivity index (χ3v) is 3.86. The molecule has 0 saturated carbocycles. The summed E-state index contributed by atoms with van der Waals surface area (Å²) in [5.74, 6) is 1.46. The molecule has 4 nitrogen and oxygen atoms in total. The highest BCUT2D eigenvalue weighted by molar-refractivity contribution is 7.85. The molecule has 0 bridgehead atoms. The maximum Gasteiger partial charge on any atom is 0.222 e. The van der Waals surface area contributed by atoms with Crippen LogP contribution in [0.15, 0.2) is 0 Å². The van der Waals surface area contributed by atoms with Crippen LogP contribution >= 0.6 is 0 Å². The van der Waals surface area contributed by atoms with Crippen LogP contribution in [0, 0.1) is 0 Å². The summed E-state index contributed by atoms with van der Waals surface area (Å²) in [4.78, 5) is 13.5. The topological polar surface area (TPSA) is 63.4 Å². The highest BCUT2D eigenvalue weighted by atomic mass is 32.2. The largest absolute Gasteiger partial charge is 0.341 e. The van der Waals surface area contributed by atoms with E-state index in [-0.39, 0.29) is 11.9 Å². The first-order chi connectivity index (χ1) is 7.09. The van der Waals surface area contributed by atoms with Crippen LogP contribution in [0.25, 0.3) is 0 Å². The van der Waals surface area contributed by atoms with Gasteiger partial charge in [0.25, 0.3) is 0 Å². The molecular formula is C10H20N2O2S. The Labute approximate surface area is 93.7 Å². The van der Waals surface area contributed by atoms with Gasteiger partial charge in [0.15, 0.2) is 0 Å². The molecule has 5 heteroatoms. The fourth-order valence-corrected chi connectivity index (χ4v) is 2.67. The summed E-state index contributed by atoms with van der Waals surface area (Å²) in [7, 11) is -0.704. The summed E-state index contributed by atoms with van der Waals surface area (Å²) < 4.78 is 11.1. The molecule has 1 amide bonds. The van der Waals surface area contributed by atoms with Gasteiger partial charge in [-0.25, -0.2) is 0 Å². The van der Waals surface area contributed by atoms with E-state index < -0.39 is 10.8 Å². The lowest BCUT2D eigenvalue weighted by molar-refractivity contribution is -0.130. The molecule has 1 aliphatic heterocycles. The molecule has 88 valence electrons. The van der Waals surface area contributed by atoms with Crippen LogP contribution < -0.4 is 5.73 Å². The first kappa shape index (κ1) is 12.6. The Morgan fingerprint density at radius 2 is 2.07 bits per heavy atom. The fraction of sp³-hybridized carbons (Fsp3) is 0.900. The zero-order valence-electron chi connectivity index (χ0n) is 9.28. The predicted molar refractivity (Wildman–Crippen MR) is 62.0 cm³/mol. The average Bonchev–Trinajstić information content (AvgIpc) is 2.18. The van der Waals surface area contributed by atoms with Crippen molar-refractivity contribution in [3.8, 4) is 0 Å². The molecule has 0 aromatic carbocycles. The summed E-state index contributed by atoms with van der Waals surface area (Å²) in [5, 5.41) is 0. The minimum atomic E-state index is -0.704. The van der Waals surface area contributed by atoms with Gasteiger partial charge in [-0.1, -0.05) is 0 Å². The van der Waals surface area contributed by atoms with Crippen molar-refractivity contribution in [3.63, 3.8) is 0 Å². The molecule has 1 fully saturated rings. The van der Waals surface area contributed by atoms with Crippen molar-refractivity contribution in [2.75, 3.05) is 24.6 Å². The average molecular weight is 232 g/mol. The monoisotopic (exact) mass is 232 g/mol. The Kier molecular flexibility index (Phi) is 5.25. The van der Waals surface area contributed by atoms with Gasteiger partial charge in [-0.2, -0.15) is 0 Å². The van der Waals surface area contributed by atoms with E-state index in [9.17, 15) is 9.00 Å². The standard InChI is InChI=1S/C10H20N2O2S/c1-9(11)3-2-4-10(13)12-5-7-15(14)8-6-12/h9H,2-8,11H2,1H3. The number of nitrogens with two attached hydrogens (primary N) is 1. The van der Waals surface area contributed by atoms with E-state index in [1.54, 1.807) is 0 Å². The molecule has 1 unspecified atom stereocenters. The number of rotatable bonds is 4. The highest BCUT2D eigenvalue weighted by Gasteiger charge is 2.19. The van der Waals surface area contributed by atoms with Crippen molar-refractivity contribution in [3.05, 3.63) is 0 Å². The second-order valence-corrected chi connectivity index (χ2v) is 5.79. The lowest BCUT2D eigenvalue weighted by atomic mass is 10.1. The Morgan fingerprint density at radius 1 is 1.47 bits per heavy atom. The van der Waals surface area contributed by atoms with Crippen LogP contribution in [-0.2, 0) is 15.6 Å². The fourth-order valence-electron chi connectivity index (χ4n) is 1.62. The third-order valence-electron chi connectivity index (χ3n) is 2.58. The molecular weight excluding hydrogens is 212 g/mol. The molecule has 15 heavy (non-hydrogen) atoms. The van der Waals surface area contributed by atoms with Crippen molar-refractivity contribution in [1.82, 2.24) is 4.90 Å². The molecule has 1 atom stereocenters.